The van der Waals surface area contributed by atoms with Gasteiger partial charge in [-0.05, 0) is 29.8 Å². The molecule has 26 heavy (non-hydrogen) atoms. The Kier molecular flexibility index (Phi) is 5.44. The second-order valence-corrected chi connectivity index (χ2v) is 6.67. The first-order valence-electron chi connectivity index (χ1n) is 7.44. The Balaban J connectivity index is 1.66. The molecular formula is C16H13N3O5S2. The number of aromatic nitrogens is 1. The molecule has 0 bridgehead atoms. The van der Waals surface area contributed by atoms with E-state index in [0.29, 0.717) is 9.88 Å². The highest BCUT2D eigenvalue weighted by Crippen LogP contribution is 2.25. The molecule has 3 heterocycles. The van der Waals surface area contributed by atoms with Gasteiger partial charge in [-0.1, -0.05) is 6.07 Å². The number of amides is 2. The van der Waals surface area contributed by atoms with E-state index in [0.717, 1.165) is 6.26 Å². The largest absolute Gasteiger partial charge is 0.462 e. The summed E-state index contributed by atoms with van der Waals surface area (Å²) in [6, 6.07) is 4.87. The highest BCUT2D eigenvalue weighted by Gasteiger charge is 2.19. The lowest BCUT2D eigenvalue weighted by Crippen LogP contribution is -2.15. The van der Waals surface area contributed by atoms with Crippen molar-refractivity contribution in [1.29, 1.82) is 0 Å². The van der Waals surface area contributed by atoms with Crippen LogP contribution in [0.2, 0.25) is 0 Å². The van der Waals surface area contributed by atoms with Crippen molar-refractivity contribution >= 4 is 51.5 Å². The third-order valence-electron chi connectivity index (χ3n) is 3.09. The molecule has 8 nitrogen and oxygen atoms in total. The van der Waals surface area contributed by atoms with Crippen LogP contribution < -0.4 is 10.6 Å². The van der Waals surface area contributed by atoms with Crippen molar-refractivity contribution in [2.45, 2.75) is 6.92 Å². The Labute approximate surface area is 155 Å². The van der Waals surface area contributed by atoms with Crippen molar-refractivity contribution in [2.75, 3.05) is 17.2 Å². The van der Waals surface area contributed by atoms with E-state index >= 15 is 0 Å². The molecule has 2 amide bonds. The van der Waals surface area contributed by atoms with Gasteiger partial charge >= 0.3 is 12.0 Å². The molecule has 0 unspecified atom stereocenters. The lowest BCUT2D eigenvalue weighted by molar-refractivity contribution is 0.0528. The molecule has 0 radical (unpaired) electrons. The second kappa shape index (κ2) is 7.93. The first-order chi connectivity index (χ1) is 12.6. The summed E-state index contributed by atoms with van der Waals surface area (Å²) in [6.45, 7) is 1.93. The Bertz CT molecular complexity index is 930. The van der Waals surface area contributed by atoms with Crippen molar-refractivity contribution in [3.05, 3.63) is 51.4 Å². The summed E-state index contributed by atoms with van der Waals surface area (Å²) in [4.78, 5) is 40.5. The molecule has 3 rings (SSSR count). The van der Waals surface area contributed by atoms with E-state index in [4.69, 9.17) is 9.15 Å². The number of hydrogen-bond donors (Lipinski definition) is 2. The van der Waals surface area contributed by atoms with Crippen LogP contribution >= 0.6 is 22.7 Å². The Morgan fingerprint density at radius 3 is 2.73 bits per heavy atom. The number of rotatable bonds is 6. The summed E-state index contributed by atoms with van der Waals surface area (Å²) in [5.74, 6) is -1.47. The average molecular weight is 391 g/mol. The Morgan fingerprint density at radius 2 is 2.00 bits per heavy atom. The average Bonchev–Trinajstić information content (AvgIpc) is 3.36. The maximum Gasteiger partial charge on any atom is 0.341 e. The maximum absolute atomic E-state index is 12.3. The van der Waals surface area contributed by atoms with E-state index in [9.17, 15) is 14.4 Å². The van der Waals surface area contributed by atoms with Crippen LogP contribution in [-0.4, -0.2) is 29.4 Å². The number of hydrogen-bond acceptors (Lipinski definition) is 8. The predicted molar refractivity (Wildman–Crippen MR) is 97.0 cm³/mol. The van der Waals surface area contributed by atoms with Crippen LogP contribution in [-0.2, 0) is 4.74 Å². The van der Waals surface area contributed by atoms with E-state index in [2.05, 4.69) is 15.6 Å². The molecular weight excluding hydrogens is 378 g/mol. The van der Waals surface area contributed by atoms with Crippen LogP contribution in [0, 0.1) is 0 Å². The van der Waals surface area contributed by atoms with Crippen molar-refractivity contribution in [2.24, 2.45) is 0 Å². The number of nitrogens with one attached hydrogen (secondary N) is 2. The minimum atomic E-state index is -0.571. The monoisotopic (exact) mass is 391 g/mol. The fraction of sp³-hybridized carbons (Fsp3) is 0.125. The van der Waals surface area contributed by atoms with Gasteiger partial charge in [-0.2, -0.15) is 4.98 Å². The van der Waals surface area contributed by atoms with Gasteiger partial charge in [0.15, 0.2) is 5.69 Å². The van der Waals surface area contributed by atoms with E-state index in [-0.39, 0.29) is 29.8 Å². The van der Waals surface area contributed by atoms with Crippen molar-refractivity contribution in [1.82, 2.24) is 4.98 Å². The minimum absolute atomic E-state index is 0.0327. The van der Waals surface area contributed by atoms with Gasteiger partial charge in [0, 0.05) is 0 Å². The van der Waals surface area contributed by atoms with E-state index in [1.54, 1.807) is 35.9 Å². The number of nitrogens with zero attached hydrogens (tertiary/aromatic N) is 1. The third kappa shape index (κ3) is 3.98. The molecule has 0 spiro atoms. The van der Waals surface area contributed by atoms with Gasteiger partial charge < -0.3 is 14.5 Å². The summed E-state index contributed by atoms with van der Waals surface area (Å²) in [7, 11) is 0. The van der Waals surface area contributed by atoms with Crippen LogP contribution in [0.1, 0.15) is 37.4 Å². The quantitative estimate of drug-likeness (QED) is 0.623. The van der Waals surface area contributed by atoms with E-state index in [1.165, 1.54) is 22.7 Å². The Morgan fingerprint density at radius 1 is 1.15 bits per heavy atom. The van der Waals surface area contributed by atoms with Crippen LogP contribution in [0.3, 0.4) is 0 Å². The van der Waals surface area contributed by atoms with Gasteiger partial charge in [0.25, 0.3) is 11.8 Å². The topological polar surface area (TPSA) is 111 Å². The van der Waals surface area contributed by atoms with Crippen molar-refractivity contribution in [3.63, 3.8) is 0 Å². The smallest absolute Gasteiger partial charge is 0.341 e. The van der Waals surface area contributed by atoms with E-state index < -0.39 is 11.9 Å². The predicted octanol–water partition coefficient (Wildman–Crippen LogP) is 3.48. The van der Waals surface area contributed by atoms with Gasteiger partial charge in [-0.25, -0.2) is 4.79 Å². The molecule has 0 saturated heterocycles. The molecule has 3 aromatic heterocycles. The molecule has 134 valence electrons. The standard InChI is InChI=1S/C16H13N3O5S2/c1-2-23-15(22)9-5-7-26-14(9)18-12(20)10-8-24-16(17-10)19-13(21)11-4-3-6-25-11/h3-8H,2H2,1H3,(H,18,20)(H,17,19,21). The van der Waals surface area contributed by atoms with Crippen LogP contribution in [0.5, 0.6) is 0 Å². The number of thiophene rings is 2. The van der Waals surface area contributed by atoms with E-state index in [1.807, 2.05) is 0 Å². The number of esters is 1. The highest BCUT2D eigenvalue weighted by molar-refractivity contribution is 7.14. The van der Waals surface area contributed by atoms with Gasteiger partial charge in [-0.3, -0.25) is 14.9 Å². The van der Waals surface area contributed by atoms with Gasteiger partial charge in [0.2, 0.25) is 0 Å². The summed E-state index contributed by atoms with van der Waals surface area (Å²) in [6.07, 6.45) is 1.12. The zero-order chi connectivity index (χ0) is 18.5. The van der Waals surface area contributed by atoms with Gasteiger partial charge in [0.1, 0.15) is 11.3 Å². The number of oxazole rings is 1. The van der Waals surface area contributed by atoms with Gasteiger partial charge in [-0.15, -0.1) is 22.7 Å². The molecule has 0 atom stereocenters. The summed E-state index contributed by atoms with van der Waals surface area (Å²) in [5, 5.41) is 8.83. The molecule has 0 fully saturated rings. The molecule has 0 saturated carbocycles. The minimum Gasteiger partial charge on any atom is -0.462 e. The maximum atomic E-state index is 12.3. The van der Waals surface area contributed by atoms with Crippen LogP contribution in [0.15, 0.2) is 39.6 Å². The molecule has 3 aromatic rings. The SMILES string of the molecule is CCOC(=O)c1ccsc1NC(=O)c1coc(NC(=O)c2cccs2)n1. The van der Waals surface area contributed by atoms with Gasteiger partial charge in [0.05, 0.1) is 17.0 Å². The van der Waals surface area contributed by atoms with Crippen LogP contribution in [0.4, 0.5) is 11.0 Å². The summed E-state index contributed by atoms with van der Waals surface area (Å²) >= 11 is 2.45. The molecule has 2 N–H and O–H groups in total. The fourth-order valence-electron chi connectivity index (χ4n) is 1.94. The molecule has 10 heteroatoms. The third-order valence-corrected chi connectivity index (χ3v) is 4.79. The zero-order valence-electron chi connectivity index (χ0n) is 13.5. The molecule has 0 aliphatic carbocycles. The first kappa shape index (κ1) is 17.8. The molecule has 0 aliphatic heterocycles. The van der Waals surface area contributed by atoms with Crippen molar-refractivity contribution in [3.8, 4) is 0 Å². The summed E-state index contributed by atoms with van der Waals surface area (Å²) < 4.78 is 10.0. The second-order valence-electron chi connectivity index (χ2n) is 4.81. The molecule has 0 aromatic carbocycles. The number of carbonyl (C=O) groups excluding carboxylic acids is 3. The first-order valence-corrected chi connectivity index (χ1v) is 9.20. The summed E-state index contributed by atoms with van der Waals surface area (Å²) in [5.41, 5.74) is 0.231. The van der Waals surface area contributed by atoms with Crippen LogP contribution in [0.25, 0.3) is 0 Å². The lowest BCUT2D eigenvalue weighted by Gasteiger charge is -2.04. The highest BCUT2D eigenvalue weighted by atomic mass is 32.1. The number of ether oxygens (including phenoxy) is 1. The molecule has 0 aliphatic rings. The lowest BCUT2D eigenvalue weighted by atomic mass is 10.3. The normalized spacial score (nSPS) is 10.3. The number of carbonyl (C=O) groups is 3. The Hall–Kier alpha value is -2.98. The number of anilines is 2. The fourth-order valence-corrected chi connectivity index (χ4v) is 3.33. The van der Waals surface area contributed by atoms with Crippen molar-refractivity contribution < 1.29 is 23.5 Å². The zero-order valence-corrected chi connectivity index (χ0v) is 15.1.